The van der Waals surface area contributed by atoms with E-state index in [2.05, 4.69) is 0 Å². The number of aliphatic hydroxyl groups is 2. The Morgan fingerprint density at radius 2 is 1.76 bits per heavy atom. The number of nitrogens with two attached hydrogens (primary N) is 1. The molecule has 0 bridgehead atoms. The highest BCUT2D eigenvalue weighted by molar-refractivity contribution is 6.33. The van der Waals surface area contributed by atoms with E-state index in [0.29, 0.717) is 0 Å². The number of phenolic OH excluding ortho intramolecular Hbond substituents is 1. The molecule has 2 saturated carbocycles. The highest BCUT2D eigenvalue weighted by Gasteiger charge is 2.72. The van der Waals surface area contributed by atoms with Crippen molar-refractivity contribution in [3.05, 3.63) is 69.3 Å². The molecule has 41 heavy (non-hydrogen) atoms. The van der Waals surface area contributed by atoms with E-state index in [1.807, 2.05) is 0 Å². The van der Waals surface area contributed by atoms with E-state index in [1.54, 1.807) is 0 Å². The number of nitrogens with zero attached hydrogens (tertiary/aromatic N) is 2. The number of amides is 1. The summed E-state index contributed by atoms with van der Waals surface area (Å²) in [7, 11) is 2.78. The van der Waals surface area contributed by atoms with Crippen molar-refractivity contribution in [2.75, 3.05) is 14.1 Å². The summed E-state index contributed by atoms with van der Waals surface area (Å²) in [5, 5.41) is 45.6. The van der Waals surface area contributed by atoms with Gasteiger partial charge in [-0.05, 0) is 36.9 Å². The Kier molecular flexibility index (Phi) is 6.48. The smallest absolute Gasteiger partial charge is 0.270 e. The number of phenols is 1. The fourth-order valence-corrected chi connectivity index (χ4v) is 6.58. The number of hydrogen-bond acceptors (Lipinski definition) is 11. The fourth-order valence-electron chi connectivity index (χ4n) is 6.58. The maximum atomic E-state index is 14.1. The lowest BCUT2D eigenvalue weighted by atomic mass is 9.50. The lowest BCUT2D eigenvalue weighted by Crippen LogP contribution is -2.77. The molecule has 2 fully saturated rings. The molecular weight excluding hydrogens is 538 g/mol. The number of ketones is 4. The molecule has 3 aliphatic rings. The maximum absolute atomic E-state index is 14.1. The summed E-state index contributed by atoms with van der Waals surface area (Å²) in [6.45, 7) is 0. The van der Waals surface area contributed by atoms with E-state index >= 15 is 0 Å². The topological polar surface area (TPSA) is 218 Å². The van der Waals surface area contributed by atoms with Crippen molar-refractivity contribution in [2.24, 2.45) is 29.4 Å². The number of Topliss-reactive ketones (excluding diaryl/α,β-unsaturated/α-hetero) is 4. The molecule has 0 heterocycles. The zero-order valence-corrected chi connectivity index (χ0v) is 21.8. The van der Waals surface area contributed by atoms with Gasteiger partial charge in [0.15, 0.2) is 34.7 Å². The first-order valence-corrected chi connectivity index (χ1v) is 12.5. The van der Waals surface area contributed by atoms with Crippen LogP contribution in [0.25, 0.3) is 11.6 Å². The van der Waals surface area contributed by atoms with Crippen molar-refractivity contribution < 1.29 is 44.2 Å². The van der Waals surface area contributed by atoms with E-state index in [1.165, 1.54) is 67.5 Å². The number of nitro groups is 1. The quantitative estimate of drug-likeness (QED) is 0.216. The van der Waals surface area contributed by atoms with Crippen molar-refractivity contribution in [1.82, 2.24) is 4.90 Å². The summed E-state index contributed by atoms with van der Waals surface area (Å²) >= 11 is 0. The van der Waals surface area contributed by atoms with E-state index in [4.69, 9.17) is 5.73 Å². The highest BCUT2D eigenvalue weighted by atomic mass is 16.6. The minimum atomic E-state index is -3.14. The normalized spacial score (nSPS) is 32.0. The Labute approximate surface area is 232 Å². The summed E-state index contributed by atoms with van der Waals surface area (Å²) < 4.78 is 0. The average Bonchev–Trinajstić information content (AvgIpc) is 2.90. The first-order valence-electron chi connectivity index (χ1n) is 12.5. The molecule has 13 nitrogen and oxygen atoms in total. The molecule has 0 radical (unpaired) electrons. The van der Waals surface area contributed by atoms with Crippen LogP contribution in [0.1, 0.15) is 21.5 Å². The molecule has 3 aliphatic carbocycles. The van der Waals surface area contributed by atoms with Crippen LogP contribution in [0.4, 0.5) is 5.69 Å². The number of aromatic hydroxyl groups is 1. The molecule has 0 saturated heterocycles. The molecule has 5 N–H and O–H groups in total. The van der Waals surface area contributed by atoms with E-state index in [-0.39, 0.29) is 28.0 Å². The molecule has 2 aromatic rings. The summed E-state index contributed by atoms with van der Waals surface area (Å²) in [6.07, 6.45) is -0.485. The SMILES string of the molecule is CN(C)C1C(=O)C(C(N)=O)C(=O)C2(O)C(=O)C3C(=O)c4c(O)cccc4C(=Cc4cccc([N+](=O)[O-])c4)C3C(O)C12. The summed E-state index contributed by atoms with van der Waals surface area (Å²) in [6, 6.07) is 7.93. The van der Waals surface area contributed by atoms with Gasteiger partial charge in [-0.3, -0.25) is 39.0 Å². The van der Waals surface area contributed by atoms with Crippen molar-refractivity contribution in [3.8, 4) is 5.75 Å². The predicted molar refractivity (Wildman–Crippen MR) is 140 cm³/mol. The molecule has 1 amide bonds. The van der Waals surface area contributed by atoms with Crippen LogP contribution in [0.5, 0.6) is 5.75 Å². The van der Waals surface area contributed by atoms with Crippen molar-refractivity contribution in [3.63, 3.8) is 0 Å². The number of fused-ring (bicyclic) bond motifs is 3. The van der Waals surface area contributed by atoms with Crippen molar-refractivity contribution >= 4 is 46.4 Å². The largest absolute Gasteiger partial charge is 0.507 e. The van der Waals surface area contributed by atoms with Gasteiger partial charge in [0.25, 0.3) is 5.69 Å². The minimum Gasteiger partial charge on any atom is -0.507 e. The third-order valence-corrected chi connectivity index (χ3v) is 8.28. The number of carbonyl (C=O) groups excluding carboxylic acids is 5. The van der Waals surface area contributed by atoms with Crippen LogP contribution in [0.15, 0.2) is 42.5 Å². The molecule has 7 atom stereocenters. The Bertz CT molecular complexity index is 1600. The molecule has 212 valence electrons. The number of hydrogen-bond donors (Lipinski definition) is 4. The number of rotatable bonds is 4. The van der Waals surface area contributed by atoms with Gasteiger partial charge in [-0.2, -0.15) is 0 Å². The van der Waals surface area contributed by atoms with Crippen LogP contribution in [0.3, 0.4) is 0 Å². The van der Waals surface area contributed by atoms with Gasteiger partial charge in [0.1, 0.15) is 5.75 Å². The third kappa shape index (κ3) is 3.84. The predicted octanol–water partition coefficient (Wildman–Crippen LogP) is -0.256. The van der Waals surface area contributed by atoms with Gasteiger partial charge >= 0.3 is 0 Å². The zero-order valence-electron chi connectivity index (χ0n) is 21.8. The number of likely N-dealkylation sites (N-methyl/N-ethyl adjacent to an activating group) is 1. The molecule has 0 spiro atoms. The van der Waals surface area contributed by atoms with Crippen LogP contribution in [-0.2, 0) is 19.2 Å². The lowest BCUT2D eigenvalue weighted by Gasteiger charge is -2.55. The van der Waals surface area contributed by atoms with Gasteiger partial charge in [0.2, 0.25) is 5.91 Å². The molecule has 5 rings (SSSR count). The van der Waals surface area contributed by atoms with Gasteiger partial charge in [0, 0.05) is 18.1 Å². The zero-order chi connectivity index (χ0) is 30.1. The molecule has 2 aromatic carbocycles. The molecule has 13 heteroatoms. The summed E-state index contributed by atoms with van der Waals surface area (Å²) in [5.41, 5.74) is 2.07. The molecular formula is C28H25N3O10. The highest BCUT2D eigenvalue weighted by Crippen LogP contribution is 2.54. The lowest BCUT2D eigenvalue weighted by molar-refractivity contribution is -0.384. The first kappa shape index (κ1) is 28.0. The first-order chi connectivity index (χ1) is 19.2. The van der Waals surface area contributed by atoms with E-state index in [0.717, 1.165) is 0 Å². The number of aliphatic hydroxyl groups excluding tert-OH is 1. The van der Waals surface area contributed by atoms with E-state index in [9.17, 15) is 49.4 Å². The van der Waals surface area contributed by atoms with Crippen LogP contribution < -0.4 is 5.73 Å². The summed E-state index contributed by atoms with van der Waals surface area (Å²) in [5.74, 6) is -14.2. The van der Waals surface area contributed by atoms with Crippen LogP contribution >= 0.6 is 0 Å². The van der Waals surface area contributed by atoms with Crippen molar-refractivity contribution in [1.29, 1.82) is 0 Å². The maximum Gasteiger partial charge on any atom is 0.270 e. The Balaban J connectivity index is 1.80. The van der Waals surface area contributed by atoms with Gasteiger partial charge in [-0.25, -0.2) is 0 Å². The van der Waals surface area contributed by atoms with Crippen molar-refractivity contribution in [2.45, 2.75) is 17.7 Å². The standard InChI is InChI=1S/C28H25N3O10/c1-30(2)21-20-23(34)17-14(10-11-5-3-6-12(9-11)31(40)41)13-7-4-8-15(32)16(13)22(33)18(17)25(36)28(20,39)26(37)19(24(21)35)27(29)38/h3-10,17-21,23,32,34,39H,1-2H3,(H2,29,38). The Morgan fingerprint density at radius 1 is 1.10 bits per heavy atom. The third-order valence-electron chi connectivity index (χ3n) is 8.28. The van der Waals surface area contributed by atoms with Gasteiger partial charge in [-0.15, -0.1) is 0 Å². The molecule has 7 unspecified atom stereocenters. The average molecular weight is 564 g/mol. The second-order valence-electron chi connectivity index (χ2n) is 10.7. The monoisotopic (exact) mass is 563 g/mol. The summed E-state index contributed by atoms with van der Waals surface area (Å²) in [4.78, 5) is 78.8. The minimum absolute atomic E-state index is 0.110. The molecule has 0 aromatic heterocycles. The number of nitro benzene ring substituents is 1. The van der Waals surface area contributed by atoms with Crippen LogP contribution in [0, 0.1) is 33.8 Å². The second-order valence-corrected chi connectivity index (χ2v) is 10.7. The number of primary amides is 1. The number of carbonyl (C=O) groups is 5. The Morgan fingerprint density at radius 3 is 2.37 bits per heavy atom. The molecule has 0 aliphatic heterocycles. The van der Waals surface area contributed by atoms with Gasteiger partial charge in [-0.1, -0.05) is 30.3 Å². The Hall–Kier alpha value is -4.59. The van der Waals surface area contributed by atoms with Gasteiger partial charge in [0.05, 0.1) is 34.5 Å². The van der Waals surface area contributed by atoms with Crippen LogP contribution in [-0.4, -0.2) is 86.0 Å². The van der Waals surface area contributed by atoms with E-state index < -0.39 is 81.1 Å². The number of benzene rings is 2. The second kappa shape index (κ2) is 9.51. The fraction of sp³-hybridized carbons (Fsp3) is 0.321. The number of non-ortho nitro benzene ring substituents is 1. The van der Waals surface area contributed by atoms with Crippen LogP contribution in [0.2, 0.25) is 0 Å². The van der Waals surface area contributed by atoms with Gasteiger partial charge < -0.3 is 21.1 Å².